The quantitative estimate of drug-likeness (QED) is 0.858. The van der Waals surface area contributed by atoms with Gasteiger partial charge in [-0.25, -0.2) is 0 Å². The SMILES string of the molecule is O=C(NCCOc1ccccc1)[C@H]1COc2ccccc2O1. The molecule has 1 amide bonds. The Hall–Kier alpha value is -2.69. The second-order valence-corrected chi connectivity index (χ2v) is 4.82. The van der Waals surface area contributed by atoms with Crippen LogP contribution in [0.4, 0.5) is 0 Å². The molecule has 1 N–H and O–H groups in total. The molecule has 0 fully saturated rings. The zero-order valence-corrected chi connectivity index (χ0v) is 12.0. The van der Waals surface area contributed by atoms with Gasteiger partial charge in [-0.15, -0.1) is 0 Å². The number of benzene rings is 2. The minimum absolute atomic E-state index is 0.203. The summed E-state index contributed by atoms with van der Waals surface area (Å²) in [6.07, 6.45) is -0.633. The molecule has 2 aromatic rings. The zero-order chi connectivity index (χ0) is 15.2. The van der Waals surface area contributed by atoms with Gasteiger partial charge in [-0.05, 0) is 24.3 Å². The molecule has 0 spiro atoms. The summed E-state index contributed by atoms with van der Waals surface area (Å²) >= 11 is 0. The number of hydrogen-bond acceptors (Lipinski definition) is 4. The summed E-state index contributed by atoms with van der Waals surface area (Å²) in [5.74, 6) is 1.84. The Morgan fingerprint density at radius 1 is 1.09 bits per heavy atom. The summed E-state index contributed by atoms with van der Waals surface area (Å²) in [4.78, 5) is 12.0. The van der Waals surface area contributed by atoms with E-state index >= 15 is 0 Å². The van der Waals surface area contributed by atoms with E-state index in [1.54, 1.807) is 6.07 Å². The molecule has 114 valence electrons. The van der Waals surface area contributed by atoms with E-state index in [9.17, 15) is 4.79 Å². The highest BCUT2D eigenvalue weighted by Gasteiger charge is 2.26. The minimum atomic E-state index is -0.633. The summed E-state index contributed by atoms with van der Waals surface area (Å²) in [5, 5.41) is 2.78. The van der Waals surface area contributed by atoms with Crippen LogP contribution >= 0.6 is 0 Å². The Kier molecular flexibility index (Phi) is 4.44. The summed E-state index contributed by atoms with van der Waals surface area (Å²) in [5.41, 5.74) is 0. The van der Waals surface area contributed by atoms with Crippen molar-refractivity contribution >= 4 is 5.91 Å². The molecule has 0 saturated carbocycles. The topological polar surface area (TPSA) is 56.8 Å². The number of carbonyl (C=O) groups is 1. The third-order valence-electron chi connectivity index (χ3n) is 3.21. The van der Waals surface area contributed by atoms with Crippen molar-refractivity contribution in [3.8, 4) is 17.2 Å². The van der Waals surface area contributed by atoms with E-state index < -0.39 is 6.10 Å². The minimum Gasteiger partial charge on any atom is -0.492 e. The molecule has 1 aliphatic heterocycles. The maximum absolute atomic E-state index is 12.0. The van der Waals surface area contributed by atoms with Crippen molar-refractivity contribution in [2.45, 2.75) is 6.10 Å². The molecule has 1 heterocycles. The van der Waals surface area contributed by atoms with Crippen LogP contribution in [0.1, 0.15) is 0 Å². The molecule has 22 heavy (non-hydrogen) atoms. The van der Waals surface area contributed by atoms with Crippen LogP contribution in [-0.4, -0.2) is 31.8 Å². The highest BCUT2D eigenvalue weighted by molar-refractivity contribution is 5.81. The van der Waals surface area contributed by atoms with Crippen molar-refractivity contribution in [3.05, 3.63) is 54.6 Å². The van der Waals surface area contributed by atoms with Crippen molar-refractivity contribution in [2.75, 3.05) is 19.8 Å². The van der Waals surface area contributed by atoms with Crippen molar-refractivity contribution in [1.82, 2.24) is 5.32 Å². The van der Waals surface area contributed by atoms with Gasteiger partial charge in [0.25, 0.3) is 5.91 Å². The average Bonchev–Trinajstić information content (AvgIpc) is 2.59. The molecular formula is C17H17NO4. The number of fused-ring (bicyclic) bond motifs is 1. The number of para-hydroxylation sites is 3. The van der Waals surface area contributed by atoms with Crippen LogP contribution in [0, 0.1) is 0 Å². The van der Waals surface area contributed by atoms with Crippen LogP contribution in [0.5, 0.6) is 17.2 Å². The smallest absolute Gasteiger partial charge is 0.264 e. The Bertz CT molecular complexity index is 630. The molecule has 3 rings (SSSR count). The van der Waals surface area contributed by atoms with Crippen LogP contribution in [-0.2, 0) is 4.79 Å². The molecule has 0 bridgehead atoms. The normalized spacial score (nSPS) is 15.9. The lowest BCUT2D eigenvalue weighted by molar-refractivity contribution is -0.130. The van der Waals surface area contributed by atoms with Crippen LogP contribution in [0.15, 0.2) is 54.6 Å². The third-order valence-corrected chi connectivity index (χ3v) is 3.21. The molecule has 1 aliphatic rings. The Morgan fingerprint density at radius 3 is 2.64 bits per heavy atom. The Labute approximate surface area is 128 Å². The maximum atomic E-state index is 12.0. The highest BCUT2D eigenvalue weighted by atomic mass is 16.6. The number of rotatable bonds is 5. The van der Waals surface area contributed by atoms with Crippen molar-refractivity contribution in [1.29, 1.82) is 0 Å². The lowest BCUT2D eigenvalue weighted by atomic mass is 10.2. The fraction of sp³-hybridized carbons (Fsp3) is 0.235. The highest BCUT2D eigenvalue weighted by Crippen LogP contribution is 2.30. The number of hydrogen-bond donors (Lipinski definition) is 1. The summed E-state index contributed by atoms with van der Waals surface area (Å²) in [7, 11) is 0. The van der Waals surface area contributed by atoms with Gasteiger partial charge in [0, 0.05) is 0 Å². The fourth-order valence-corrected chi connectivity index (χ4v) is 2.12. The fourth-order valence-electron chi connectivity index (χ4n) is 2.12. The Balaban J connectivity index is 1.43. The van der Waals surface area contributed by atoms with E-state index in [0.717, 1.165) is 5.75 Å². The molecule has 0 unspecified atom stereocenters. The van der Waals surface area contributed by atoms with E-state index in [1.807, 2.05) is 48.5 Å². The number of amides is 1. The van der Waals surface area contributed by atoms with Crippen LogP contribution in [0.2, 0.25) is 0 Å². The summed E-state index contributed by atoms with van der Waals surface area (Å²) in [6, 6.07) is 16.8. The van der Waals surface area contributed by atoms with Gasteiger partial charge in [-0.2, -0.15) is 0 Å². The van der Waals surface area contributed by atoms with Gasteiger partial charge in [0.05, 0.1) is 6.54 Å². The summed E-state index contributed by atoms with van der Waals surface area (Å²) in [6.45, 7) is 1.03. The summed E-state index contributed by atoms with van der Waals surface area (Å²) < 4.78 is 16.7. The first-order chi connectivity index (χ1) is 10.8. The molecule has 2 aromatic carbocycles. The van der Waals surface area contributed by atoms with Gasteiger partial charge < -0.3 is 19.5 Å². The van der Waals surface area contributed by atoms with Gasteiger partial charge in [-0.1, -0.05) is 30.3 Å². The maximum Gasteiger partial charge on any atom is 0.264 e. The third kappa shape index (κ3) is 3.49. The molecular weight excluding hydrogens is 282 g/mol. The van der Waals surface area contributed by atoms with Gasteiger partial charge in [0.15, 0.2) is 11.5 Å². The van der Waals surface area contributed by atoms with Crippen molar-refractivity contribution < 1.29 is 19.0 Å². The molecule has 0 saturated heterocycles. The van der Waals surface area contributed by atoms with Crippen LogP contribution < -0.4 is 19.5 Å². The van der Waals surface area contributed by atoms with E-state index in [2.05, 4.69) is 5.32 Å². The van der Waals surface area contributed by atoms with E-state index in [-0.39, 0.29) is 12.5 Å². The molecule has 0 aromatic heterocycles. The number of nitrogens with one attached hydrogen (secondary N) is 1. The van der Waals surface area contributed by atoms with Crippen molar-refractivity contribution in [3.63, 3.8) is 0 Å². The molecule has 0 radical (unpaired) electrons. The largest absolute Gasteiger partial charge is 0.492 e. The average molecular weight is 299 g/mol. The number of ether oxygens (including phenoxy) is 3. The monoisotopic (exact) mass is 299 g/mol. The van der Waals surface area contributed by atoms with Gasteiger partial charge in [-0.3, -0.25) is 4.79 Å². The lowest BCUT2D eigenvalue weighted by Gasteiger charge is -2.25. The predicted molar refractivity (Wildman–Crippen MR) is 81.3 cm³/mol. The lowest BCUT2D eigenvalue weighted by Crippen LogP contribution is -2.45. The van der Waals surface area contributed by atoms with Crippen molar-refractivity contribution in [2.24, 2.45) is 0 Å². The number of carbonyl (C=O) groups excluding carboxylic acids is 1. The van der Waals surface area contributed by atoms with Crippen LogP contribution in [0.3, 0.4) is 0 Å². The predicted octanol–water partition coefficient (Wildman–Crippen LogP) is 2.02. The van der Waals surface area contributed by atoms with Gasteiger partial charge in [0.1, 0.15) is 19.0 Å². The van der Waals surface area contributed by atoms with E-state index in [4.69, 9.17) is 14.2 Å². The second-order valence-electron chi connectivity index (χ2n) is 4.82. The van der Waals surface area contributed by atoms with Gasteiger partial charge >= 0.3 is 0 Å². The molecule has 5 heteroatoms. The first-order valence-electron chi connectivity index (χ1n) is 7.17. The van der Waals surface area contributed by atoms with E-state index in [0.29, 0.717) is 24.7 Å². The zero-order valence-electron chi connectivity index (χ0n) is 12.0. The Morgan fingerprint density at radius 2 is 1.82 bits per heavy atom. The van der Waals surface area contributed by atoms with Crippen LogP contribution in [0.25, 0.3) is 0 Å². The molecule has 1 atom stereocenters. The standard InChI is InChI=1S/C17H17NO4/c19-17(18-10-11-20-13-6-2-1-3-7-13)16-12-21-14-8-4-5-9-15(14)22-16/h1-9,16H,10-12H2,(H,18,19)/t16-/m1/s1. The first kappa shape index (κ1) is 14.3. The molecule has 5 nitrogen and oxygen atoms in total. The first-order valence-corrected chi connectivity index (χ1v) is 7.17. The molecule has 0 aliphatic carbocycles. The van der Waals surface area contributed by atoms with E-state index in [1.165, 1.54) is 0 Å². The second kappa shape index (κ2) is 6.85. The van der Waals surface area contributed by atoms with Gasteiger partial charge in [0.2, 0.25) is 6.10 Å².